The first-order chi connectivity index (χ1) is 15.0. The average Bonchev–Trinajstić information content (AvgIpc) is 2.78. The topological polar surface area (TPSA) is 70.6 Å². The molecule has 0 radical (unpaired) electrons. The summed E-state index contributed by atoms with van der Waals surface area (Å²) in [5.41, 5.74) is 3.02. The van der Waals surface area contributed by atoms with Crippen molar-refractivity contribution >= 4 is 34.8 Å². The molecular formula is C22H27Cl2N5O2. The molecule has 0 aliphatic carbocycles. The quantitative estimate of drug-likeness (QED) is 0.707. The van der Waals surface area contributed by atoms with Crippen LogP contribution in [-0.2, 0) is 11.2 Å². The maximum absolute atomic E-state index is 12.7. The number of fused-ring (bicyclic) bond motifs is 1. The highest BCUT2D eigenvalue weighted by atomic mass is 35.5. The van der Waals surface area contributed by atoms with E-state index in [4.69, 9.17) is 27.9 Å². The molecule has 1 saturated heterocycles. The zero-order valence-corrected chi connectivity index (χ0v) is 19.1. The highest BCUT2D eigenvalue weighted by Crippen LogP contribution is 2.38. The number of nitrogens with one attached hydrogen (secondary N) is 1. The third-order valence-corrected chi connectivity index (χ3v) is 6.56. The summed E-state index contributed by atoms with van der Waals surface area (Å²) < 4.78 is 5.36. The second kappa shape index (κ2) is 10.1. The molecule has 0 spiro atoms. The van der Waals surface area contributed by atoms with Gasteiger partial charge < -0.3 is 15.0 Å². The van der Waals surface area contributed by atoms with Crippen LogP contribution in [0.15, 0.2) is 24.3 Å². The second-order valence-electron chi connectivity index (χ2n) is 7.88. The number of anilines is 1. The Kier molecular flexibility index (Phi) is 7.27. The zero-order valence-electron chi connectivity index (χ0n) is 17.6. The maximum Gasteiger partial charge on any atom is 0.271 e. The number of rotatable bonds is 6. The lowest BCUT2D eigenvalue weighted by atomic mass is 10.0. The minimum Gasteiger partial charge on any atom is -0.379 e. The Hall–Kier alpha value is -1.93. The van der Waals surface area contributed by atoms with Gasteiger partial charge in [-0.25, -0.2) is 0 Å². The van der Waals surface area contributed by atoms with Gasteiger partial charge in [-0.15, -0.1) is 5.10 Å². The smallest absolute Gasteiger partial charge is 0.271 e. The van der Waals surface area contributed by atoms with Crippen molar-refractivity contribution in [2.45, 2.75) is 25.8 Å². The zero-order chi connectivity index (χ0) is 21.8. The highest BCUT2D eigenvalue weighted by molar-refractivity contribution is 6.36. The van der Waals surface area contributed by atoms with Crippen LogP contribution in [0, 0.1) is 0 Å². The molecule has 9 heteroatoms. The number of aromatic nitrogens is 2. The number of morpholine rings is 1. The minimum absolute atomic E-state index is 0.0540. The van der Waals surface area contributed by atoms with Crippen LogP contribution in [0.1, 0.15) is 41.1 Å². The molecule has 2 aliphatic rings. The van der Waals surface area contributed by atoms with Crippen LogP contribution in [0.5, 0.6) is 0 Å². The fraction of sp³-hybridized carbons (Fsp3) is 0.500. The van der Waals surface area contributed by atoms with E-state index in [1.54, 1.807) is 0 Å². The molecular weight excluding hydrogens is 437 g/mol. The van der Waals surface area contributed by atoms with Crippen LogP contribution in [-0.4, -0.2) is 66.9 Å². The molecule has 1 N–H and O–H groups in total. The van der Waals surface area contributed by atoms with Crippen LogP contribution in [0.4, 0.5) is 5.69 Å². The Labute approximate surface area is 192 Å². The number of aryl methyl sites for hydroxylation is 1. The van der Waals surface area contributed by atoms with Crippen LogP contribution < -0.4 is 10.2 Å². The number of ether oxygens (including phenoxy) is 1. The van der Waals surface area contributed by atoms with Gasteiger partial charge in [-0.1, -0.05) is 29.3 Å². The fourth-order valence-electron chi connectivity index (χ4n) is 4.19. The SMILES string of the molecule is CC(c1c(Cl)cccc1Cl)N1CCCc2nnc(C(=O)NCCN3CCOCC3)cc21. The average molecular weight is 464 g/mol. The lowest BCUT2D eigenvalue weighted by molar-refractivity contribution is 0.0383. The van der Waals surface area contributed by atoms with Gasteiger partial charge in [0.2, 0.25) is 0 Å². The van der Waals surface area contributed by atoms with Crippen molar-refractivity contribution in [1.29, 1.82) is 0 Å². The van der Waals surface area contributed by atoms with E-state index in [2.05, 4.69) is 32.2 Å². The largest absolute Gasteiger partial charge is 0.379 e. The van der Waals surface area contributed by atoms with E-state index in [1.807, 2.05) is 24.3 Å². The standard InChI is InChI=1S/C22H27Cl2N5O2/c1-15(21-16(23)4-2-5-17(21)24)29-8-3-6-18-20(29)14-19(27-26-18)22(30)25-7-9-28-10-12-31-13-11-28/h2,4-5,14-15H,3,6-13H2,1H3,(H,25,30). The summed E-state index contributed by atoms with van der Waals surface area (Å²) in [4.78, 5) is 17.2. The summed E-state index contributed by atoms with van der Waals surface area (Å²) in [6, 6.07) is 7.33. The van der Waals surface area contributed by atoms with Gasteiger partial charge in [-0.3, -0.25) is 9.69 Å². The van der Waals surface area contributed by atoms with Crippen molar-refractivity contribution < 1.29 is 9.53 Å². The van der Waals surface area contributed by atoms with Crippen LogP contribution in [0.2, 0.25) is 10.0 Å². The monoisotopic (exact) mass is 463 g/mol. The van der Waals surface area contributed by atoms with Gasteiger partial charge in [0.1, 0.15) is 0 Å². The van der Waals surface area contributed by atoms with Crippen molar-refractivity contribution in [1.82, 2.24) is 20.4 Å². The van der Waals surface area contributed by atoms with Crippen LogP contribution in [0.3, 0.4) is 0 Å². The Morgan fingerprint density at radius 1 is 1.19 bits per heavy atom. The molecule has 7 nitrogen and oxygen atoms in total. The normalized spacial score (nSPS) is 17.8. The Morgan fingerprint density at radius 2 is 1.94 bits per heavy atom. The molecule has 1 amide bonds. The minimum atomic E-state index is -0.211. The Morgan fingerprint density at radius 3 is 2.68 bits per heavy atom. The first kappa shape index (κ1) is 22.3. The molecule has 0 saturated carbocycles. The Balaban J connectivity index is 1.49. The molecule has 31 heavy (non-hydrogen) atoms. The summed E-state index contributed by atoms with van der Waals surface area (Å²) >= 11 is 12.9. The van der Waals surface area contributed by atoms with Crippen LogP contribution >= 0.6 is 23.2 Å². The third-order valence-electron chi connectivity index (χ3n) is 5.90. The lowest BCUT2D eigenvalue weighted by Gasteiger charge is -2.36. The van der Waals surface area contributed by atoms with E-state index in [0.29, 0.717) is 22.3 Å². The predicted octanol–water partition coefficient (Wildman–Crippen LogP) is 3.36. The molecule has 1 aromatic carbocycles. The highest BCUT2D eigenvalue weighted by Gasteiger charge is 2.27. The number of hydrogen-bond acceptors (Lipinski definition) is 6. The van der Waals surface area contributed by atoms with Gasteiger partial charge in [0.05, 0.1) is 30.6 Å². The number of carbonyl (C=O) groups is 1. The third kappa shape index (κ3) is 5.12. The van der Waals surface area contributed by atoms with Gasteiger partial charge in [0.25, 0.3) is 5.91 Å². The number of nitrogens with zero attached hydrogens (tertiary/aromatic N) is 4. The number of carbonyl (C=O) groups excluding carboxylic acids is 1. The molecule has 4 rings (SSSR count). The number of hydrogen-bond donors (Lipinski definition) is 1. The van der Waals surface area contributed by atoms with E-state index in [0.717, 1.165) is 69.2 Å². The van der Waals surface area contributed by atoms with Crippen molar-refractivity contribution in [3.05, 3.63) is 51.3 Å². The predicted molar refractivity (Wildman–Crippen MR) is 122 cm³/mol. The van der Waals surface area contributed by atoms with Gasteiger partial charge in [-0.2, -0.15) is 5.10 Å². The molecule has 1 unspecified atom stereocenters. The summed E-state index contributed by atoms with van der Waals surface area (Å²) in [7, 11) is 0. The van der Waals surface area contributed by atoms with Crippen molar-refractivity contribution in [3.8, 4) is 0 Å². The van der Waals surface area contributed by atoms with Crippen LogP contribution in [0.25, 0.3) is 0 Å². The van der Waals surface area contributed by atoms with E-state index >= 15 is 0 Å². The van der Waals surface area contributed by atoms with Gasteiger partial charge in [-0.05, 0) is 38.0 Å². The first-order valence-corrected chi connectivity index (χ1v) is 11.5. The Bertz CT molecular complexity index is 916. The summed E-state index contributed by atoms with van der Waals surface area (Å²) in [6.45, 7) is 7.54. The van der Waals surface area contributed by atoms with Crippen molar-refractivity contribution in [2.75, 3.05) is 50.8 Å². The number of benzene rings is 1. The first-order valence-electron chi connectivity index (χ1n) is 10.7. The second-order valence-corrected chi connectivity index (χ2v) is 8.69. The van der Waals surface area contributed by atoms with Gasteiger partial charge >= 0.3 is 0 Å². The summed E-state index contributed by atoms with van der Waals surface area (Å²) in [6.07, 6.45) is 1.79. The molecule has 0 bridgehead atoms. The van der Waals surface area contributed by atoms with E-state index in [9.17, 15) is 4.79 Å². The lowest BCUT2D eigenvalue weighted by Crippen LogP contribution is -2.41. The number of amides is 1. The molecule has 3 heterocycles. The molecule has 2 aliphatic heterocycles. The van der Waals surface area contributed by atoms with E-state index < -0.39 is 0 Å². The summed E-state index contributed by atoms with van der Waals surface area (Å²) in [5.74, 6) is -0.211. The van der Waals surface area contributed by atoms with Crippen molar-refractivity contribution in [2.24, 2.45) is 0 Å². The molecule has 166 valence electrons. The molecule has 1 fully saturated rings. The van der Waals surface area contributed by atoms with E-state index in [-0.39, 0.29) is 11.9 Å². The molecule has 1 aromatic heterocycles. The van der Waals surface area contributed by atoms with E-state index in [1.165, 1.54) is 0 Å². The molecule has 1 atom stereocenters. The van der Waals surface area contributed by atoms with Gasteiger partial charge in [0.15, 0.2) is 5.69 Å². The molecule has 2 aromatic rings. The number of halogens is 2. The summed E-state index contributed by atoms with van der Waals surface area (Å²) in [5, 5.41) is 12.8. The van der Waals surface area contributed by atoms with Crippen molar-refractivity contribution in [3.63, 3.8) is 0 Å². The maximum atomic E-state index is 12.7. The van der Waals surface area contributed by atoms with Gasteiger partial charge in [0, 0.05) is 48.3 Å². The fourth-order valence-corrected chi connectivity index (χ4v) is 4.91.